The second-order valence-corrected chi connectivity index (χ2v) is 4.96. The van der Waals surface area contributed by atoms with Gasteiger partial charge in [0.1, 0.15) is 6.09 Å². The van der Waals surface area contributed by atoms with E-state index in [0.717, 1.165) is 4.90 Å². The van der Waals surface area contributed by atoms with Crippen LogP contribution in [-0.2, 0) is 12.4 Å². The second-order valence-electron chi connectivity index (χ2n) is 4.96. The van der Waals surface area contributed by atoms with Gasteiger partial charge in [-0.15, -0.1) is 0 Å². The second kappa shape index (κ2) is 5.36. The average molecular weight is 326 g/mol. The van der Waals surface area contributed by atoms with E-state index in [2.05, 4.69) is 0 Å². The van der Waals surface area contributed by atoms with Crippen molar-refractivity contribution in [2.75, 3.05) is 6.54 Å². The average Bonchev–Trinajstić information content (AvgIpc) is 2.85. The molecule has 0 N–H and O–H groups in total. The number of benzene rings is 1. The van der Waals surface area contributed by atoms with E-state index in [0.29, 0.717) is 18.6 Å². The van der Waals surface area contributed by atoms with Crippen LogP contribution in [0.5, 0.6) is 0 Å². The summed E-state index contributed by atoms with van der Waals surface area (Å²) in [4.78, 5) is 11.7. The van der Waals surface area contributed by atoms with E-state index in [1.165, 1.54) is 0 Å². The zero-order valence-corrected chi connectivity index (χ0v) is 11.0. The van der Waals surface area contributed by atoms with E-state index in [4.69, 9.17) is 0 Å². The molecular formula is C13H10F6NO2-. The summed E-state index contributed by atoms with van der Waals surface area (Å²) >= 11 is 0. The van der Waals surface area contributed by atoms with E-state index < -0.39 is 35.6 Å². The van der Waals surface area contributed by atoms with Crippen molar-refractivity contribution in [3.05, 3.63) is 34.9 Å². The number of rotatable bonds is 1. The van der Waals surface area contributed by atoms with Crippen LogP contribution in [0.4, 0.5) is 31.1 Å². The van der Waals surface area contributed by atoms with Crippen LogP contribution in [0.1, 0.15) is 35.6 Å². The summed E-state index contributed by atoms with van der Waals surface area (Å²) in [5.74, 6) is 0. The first-order valence-electron chi connectivity index (χ1n) is 6.27. The summed E-state index contributed by atoms with van der Waals surface area (Å²) < 4.78 is 76.6. The van der Waals surface area contributed by atoms with Gasteiger partial charge in [-0.2, -0.15) is 26.3 Å². The maximum atomic E-state index is 12.8. The maximum Gasteiger partial charge on any atom is 0.416 e. The first kappa shape index (κ1) is 16.4. The molecule has 0 saturated carbocycles. The maximum absolute atomic E-state index is 12.8. The molecular weight excluding hydrogens is 316 g/mol. The van der Waals surface area contributed by atoms with Crippen LogP contribution in [0.25, 0.3) is 0 Å². The lowest BCUT2D eigenvalue weighted by molar-refractivity contribution is -0.266. The Labute approximate surface area is 121 Å². The van der Waals surface area contributed by atoms with Gasteiger partial charge in [-0.25, -0.2) is 0 Å². The number of carbonyl (C=O) groups is 1. The molecule has 1 heterocycles. The molecule has 1 saturated heterocycles. The number of hydrogen-bond acceptors (Lipinski definition) is 2. The van der Waals surface area contributed by atoms with Gasteiger partial charge in [0, 0.05) is 6.54 Å². The third kappa shape index (κ3) is 3.28. The lowest BCUT2D eigenvalue weighted by Crippen LogP contribution is -2.40. The number of amides is 1. The minimum Gasteiger partial charge on any atom is -0.530 e. The summed E-state index contributed by atoms with van der Waals surface area (Å²) in [6, 6.07) is 0.0674. The molecule has 1 aliphatic rings. The highest BCUT2D eigenvalue weighted by atomic mass is 19.4. The van der Waals surface area contributed by atoms with Gasteiger partial charge >= 0.3 is 12.4 Å². The molecule has 1 aromatic carbocycles. The number of hydrogen-bond donors (Lipinski definition) is 0. The normalized spacial score (nSPS) is 19.5. The van der Waals surface area contributed by atoms with E-state index >= 15 is 0 Å². The molecule has 0 bridgehead atoms. The molecule has 3 nitrogen and oxygen atoms in total. The smallest absolute Gasteiger partial charge is 0.416 e. The fourth-order valence-electron chi connectivity index (χ4n) is 2.50. The number of carboxylic acid groups (broad SMARTS) is 1. The van der Waals surface area contributed by atoms with Crippen LogP contribution < -0.4 is 5.11 Å². The Balaban J connectivity index is 2.53. The van der Waals surface area contributed by atoms with Crippen molar-refractivity contribution in [2.24, 2.45) is 0 Å². The molecule has 1 aliphatic heterocycles. The number of likely N-dealkylation sites (tertiary alicyclic amines) is 1. The lowest BCUT2D eigenvalue weighted by atomic mass is 9.98. The van der Waals surface area contributed by atoms with Gasteiger partial charge in [0.15, 0.2) is 0 Å². The molecule has 9 heteroatoms. The highest BCUT2D eigenvalue weighted by Gasteiger charge is 2.38. The quantitative estimate of drug-likeness (QED) is 0.744. The van der Waals surface area contributed by atoms with Crippen molar-refractivity contribution in [2.45, 2.75) is 31.2 Å². The van der Waals surface area contributed by atoms with Gasteiger partial charge < -0.3 is 14.8 Å². The summed E-state index contributed by atoms with van der Waals surface area (Å²) in [7, 11) is 0. The van der Waals surface area contributed by atoms with Gasteiger partial charge in [-0.05, 0) is 36.6 Å². The molecule has 0 aliphatic carbocycles. The van der Waals surface area contributed by atoms with Crippen molar-refractivity contribution in [3.8, 4) is 0 Å². The number of carbonyl (C=O) groups excluding carboxylic acids is 1. The fourth-order valence-corrected chi connectivity index (χ4v) is 2.50. The first-order chi connectivity index (χ1) is 10.00. The van der Waals surface area contributed by atoms with Crippen LogP contribution in [0.15, 0.2) is 18.2 Å². The van der Waals surface area contributed by atoms with Gasteiger partial charge in [-0.1, -0.05) is 0 Å². The van der Waals surface area contributed by atoms with E-state index in [1.807, 2.05) is 0 Å². The summed E-state index contributed by atoms with van der Waals surface area (Å²) in [6.45, 7) is 0.0184. The molecule has 1 unspecified atom stereocenters. The Morgan fingerprint density at radius 2 is 1.55 bits per heavy atom. The minimum atomic E-state index is -4.96. The van der Waals surface area contributed by atoms with Gasteiger partial charge in [0.25, 0.3) is 0 Å². The van der Waals surface area contributed by atoms with Crippen molar-refractivity contribution in [1.82, 2.24) is 4.90 Å². The highest BCUT2D eigenvalue weighted by molar-refractivity contribution is 5.64. The van der Waals surface area contributed by atoms with Crippen molar-refractivity contribution >= 4 is 6.09 Å². The third-order valence-electron chi connectivity index (χ3n) is 3.48. The zero-order valence-electron chi connectivity index (χ0n) is 11.0. The Kier molecular flexibility index (Phi) is 4.01. The molecule has 1 fully saturated rings. The Morgan fingerprint density at radius 1 is 1.05 bits per heavy atom. The predicted octanol–water partition coefficient (Wildman–Crippen LogP) is 3.20. The highest BCUT2D eigenvalue weighted by Crippen LogP contribution is 2.40. The molecule has 0 aromatic heterocycles. The van der Waals surface area contributed by atoms with Gasteiger partial charge in [0.2, 0.25) is 0 Å². The van der Waals surface area contributed by atoms with E-state index in [-0.39, 0.29) is 24.6 Å². The SMILES string of the molecule is O=C([O-])N1CCCC1c1cc(C(F)(F)F)cc(C(F)(F)F)c1. The Hall–Kier alpha value is -1.93. The number of nitrogens with zero attached hydrogens (tertiary/aromatic N) is 1. The van der Waals surface area contributed by atoms with E-state index in [1.54, 1.807) is 0 Å². The molecule has 122 valence electrons. The van der Waals surface area contributed by atoms with Crippen LogP contribution in [-0.4, -0.2) is 17.5 Å². The van der Waals surface area contributed by atoms with Crippen molar-refractivity contribution in [3.63, 3.8) is 0 Å². The van der Waals surface area contributed by atoms with Crippen LogP contribution in [0.3, 0.4) is 0 Å². The standard InChI is InChI=1S/C13H11F6NO2/c14-12(15,16)8-4-7(5-9(6-8)13(17,18)19)10-2-1-3-20(10)11(21)22/h4-6,10H,1-3H2,(H,21,22)/p-1. The summed E-state index contributed by atoms with van der Waals surface area (Å²) in [5.41, 5.74) is -3.24. The summed E-state index contributed by atoms with van der Waals surface area (Å²) in [6.07, 6.45) is -11.0. The number of halogens is 6. The lowest BCUT2D eigenvalue weighted by Gasteiger charge is -2.28. The van der Waals surface area contributed by atoms with Gasteiger partial charge in [-0.3, -0.25) is 0 Å². The Bertz CT molecular complexity index is 549. The number of alkyl halides is 6. The molecule has 1 aromatic rings. The zero-order chi connectivity index (χ0) is 16.7. The molecule has 2 rings (SSSR count). The Morgan fingerprint density at radius 3 is 1.95 bits per heavy atom. The van der Waals surface area contributed by atoms with Gasteiger partial charge in [0.05, 0.1) is 17.2 Å². The van der Waals surface area contributed by atoms with Crippen LogP contribution >= 0.6 is 0 Å². The molecule has 0 radical (unpaired) electrons. The minimum absolute atomic E-state index is 0.0157. The largest absolute Gasteiger partial charge is 0.530 e. The topological polar surface area (TPSA) is 43.4 Å². The molecule has 1 atom stereocenters. The third-order valence-corrected chi connectivity index (χ3v) is 3.48. The fraction of sp³-hybridized carbons (Fsp3) is 0.462. The molecule has 1 amide bonds. The first-order valence-corrected chi connectivity index (χ1v) is 6.27. The van der Waals surface area contributed by atoms with Crippen LogP contribution in [0, 0.1) is 0 Å². The predicted molar refractivity (Wildman–Crippen MR) is 60.5 cm³/mol. The molecule has 0 spiro atoms. The van der Waals surface area contributed by atoms with Crippen molar-refractivity contribution < 1.29 is 36.2 Å². The monoisotopic (exact) mass is 326 g/mol. The van der Waals surface area contributed by atoms with Crippen molar-refractivity contribution in [1.29, 1.82) is 0 Å². The summed E-state index contributed by atoms with van der Waals surface area (Å²) in [5, 5.41) is 10.9. The van der Waals surface area contributed by atoms with E-state index in [9.17, 15) is 36.2 Å². The molecule has 22 heavy (non-hydrogen) atoms. The van der Waals surface area contributed by atoms with Crippen LogP contribution in [0.2, 0.25) is 0 Å².